The molecule has 7 N–H and O–H groups in total. The van der Waals surface area contributed by atoms with E-state index < -0.39 is 0 Å². The van der Waals surface area contributed by atoms with Crippen molar-refractivity contribution in [2.24, 2.45) is 11.7 Å². The molecule has 0 aromatic rings. The van der Waals surface area contributed by atoms with E-state index in [1.165, 1.54) is 0 Å². The molecule has 33 valence electrons. The third-order valence-corrected chi connectivity index (χ3v) is 0. The third-order valence-electron chi connectivity index (χ3n) is 0. The zero-order chi connectivity index (χ0) is 2.00. The summed E-state index contributed by atoms with van der Waals surface area (Å²) < 4.78 is 0. The van der Waals surface area contributed by atoms with Gasteiger partial charge in [-0.1, -0.05) is 0 Å². The zero-order valence-electron chi connectivity index (χ0n) is 2.16. The van der Waals surface area contributed by atoms with Crippen LogP contribution in [0.4, 0.5) is 0 Å². The van der Waals surface area contributed by atoms with Crippen LogP contribution in [0.3, 0.4) is 0 Å². The van der Waals surface area contributed by atoms with Crippen molar-refractivity contribution in [1.29, 1.82) is 0 Å². The first-order valence-electron chi connectivity index (χ1n) is 0.333. The van der Waals surface area contributed by atoms with E-state index in [0.29, 0.717) is 0 Å². The van der Waals surface area contributed by atoms with Gasteiger partial charge in [0, 0.05) is 17.1 Å². The smallest absolute Gasteiger partial charge is 0 e. The van der Waals surface area contributed by atoms with E-state index in [9.17, 15) is 0 Å². The topological polar surface area (TPSA) is 87.0 Å². The maximum absolute atomic E-state index is 4.00. The van der Waals surface area contributed by atoms with Crippen molar-refractivity contribution in [3.63, 3.8) is 0 Å². The van der Waals surface area contributed by atoms with E-state index in [1.54, 1.807) is 0 Å². The summed E-state index contributed by atoms with van der Waals surface area (Å²) in [5.74, 6) is 8.00. The van der Waals surface area contributed by atoms with Gasteiger partial charge in [0.05, 0.1) is 0 Å². The number of hydrazine groups is 1. The van der Waals surface area contributed by atoms with Gasteiger partial charge in [0.25, 0.3) is 0 Å². The normalized spacial score (nSPS) is 1.50. The minimum Gasteiger partial charge on any atom is -0.344 e. The van der Waals surface area contributed by atoms with Crippen molar-refractivity contribution in [2.75, 3.05) is 0 Å². The molecule has 3 nitrogen and oxygen atoms in total. The van der Waals surface area contributed by atoms with Crippen LogP contribution in [0.2, 0.25) is 0 Å². The Labute approximate surface area is 35.8 Å². The molecule has 0 amide bonds. The molecule has 1 radical (unpaired) electrons. The molecule has 0 spiro atoms. The van der Waals surface area contributed by atoms with Crippen LogP contribution in [0.25, 0.3) is 0 Å². The summed E-state index contributed by atoms with van der Waals surface area (Å²) in [5, 5.41) is 0. The average Bonchev–Trinajstić information content (AvgIpc) is 1.00. The molecule has 0 aromatic heterocycles. The second-order valence-electron chi connectivity index (χ2n) is 0. The van der Waals surface area contributed by atoms with Gasteiger partial charge in [-0.3, -0.25) is 11.7 Å². The molecule has 0 saturated carbocycles. The molecule has 0 aliphatic heterocycles. The van der Waals surface area contributed by atoms with E-state index >= 15 is 0 Å². The maximum Gasteiger partial charge on any atom is 0 e. The predicted octanol–water partition coefficient (Wildman–Crippen LogP) is -1.02. The minimum absolute atomic E-state index is 0. The fourth-order valence-electron chi connectivity index (χ4n) is 0. The molecular formula is H7CuN3. The van der Waals surface area contributed by atoms with E-state index in [4.69, 9.17) is 0 Å². The number of nitrogens with two attached hydrogens (primary N) is 2. The molecule has 0 saturated heterocycles. The molecule has 4 heteroatoms. The first kappa shape index (κ1) is 26.0. The molecule has 0 aliphatic rings. The van der Waals surface area contributed by atoms with Crippen molar-refractivity contribution in [3.05, 3.63) is 0 Å². The van der Waals surface area contributed by atoms with Crippen molar-refractivity contribution in [3.8, 4) is 0 Å². The Kier molecular flexibility index (Phi) is 796. The standard InChI is InChI=1S/Cu.H4N2.H3N/c;1-2;/h;1-2H2;1H3. The fourth-order valence-corrected chi connectivity index (χ4v) is 0. The Balaban J connectivity index is -0.00000000500. The van der Waals surface area contributed by atoms with E-state index in [-0.39, 0.29) is 23.2 Å². The molecule has 0 heterocycles. The Morgan fingerprint density at radius 1 is 1.00 bits per heavy atom. The molecule has 0 fully saturated rings. The van der Waals surface area contributed by atoms with Crippen LogP contribution in [0, 0.1) is 0 Å². The first-order valence-corrected chi connectivity index (χ1v) is 0.333. The van der Waals surface area contributed by atoms with Crippen molar-refractivity contribution >= 4 is 0 Å². The largest absolute Gasteiger partial charge is 0.344 e. The predicted molar refractivity (Wildman–Crippen MR) is 13.4 cm³/mol. The van der Waals surface area contributed by atoms with Crippen LogP contribution in [0.1, 0.15) is 0 Å². The Morgan fingerprint density at radius 2 is 1.00 bits per heavy atom. The summed E-state index contributed by atoms with van der Waals surface area (Å²) in [4.78, 5) is 0. The fraction of sp³-hybridized carbons (Fsp3) is 0. The van der Waals surface area contributed by atoms with Crippen LogP contribution in [-0.4, -0.2) is 0 Å². The quantitative estimate of drug-likeness (QED) is 0.213. The van der Waals surface area contributed by atoms with Gasteiger partial charge in [-0.05, 0) is 0 Å². The number of hydrogen-bond acceptors (Lipinski definition) is 3. The summed E-state index contributed by atoms with van der Waals surface area (Å²) in [6.45, 7) is 0. The summed E-state index contributed by atoms with van der Waals surface area (Å²) in [5.41, 5.74) is 0. The van der Waals surface area contributed by atoms with E-state index in [0.717, 1.165) is 0 Å². The van der Waals surface area contributed by atoms with Crippen LogP contribution < -0.4 is 17.8 Å². The van der Waals surface area contributed by atoms with Gasteiger partial charge in [-0.2, -0.15) is 0 Å². The Morgan fingerprint density at radius 3 is 1.00 bits per heavy atom. The zero-order valence-corrected chi connectivity index (χ0v) is 3.10. The molecule has 0 atom stereocenters. The van der Waals surface area contributed by atoms with Crippen LogP contribution in [0.5, 0.6) is 0 Å². The van der Waals surface area contributed by atoms with Gasteiger partial charge < -0.3 is 6.15 Å². The Hall–Kier alpha value is 0.399. The van der Waals surface area contributed by atoms with Gasteiger partial charge in [-0.25, -0.2) is 0 Å². The maximum atomic E-state index is 4.00. The molecule has 4 heavy (non-hydrogen) atoms. The van der Waals surface area contributed by atoms with Gasteiger partial charge in [-0.15, -0.1) is 0 Å². The number of hydrogen-bond donors (Lipinski definition) is 3. The summed E-state index contributed by atoms with van der Waals surface area (Å²) in [6, 6.07) is 0. The summed E-state index contributed by atoms with van der Waals surface area (Å²) >= 11 is 0. The van der Waals surface area contributed by atoms with E-state index in [1.807, 2.05) is 0 Å². The Bertz CT molecular complexity index is 3.25. The summed E-state index contributed by atoms with van der Waals surface area (Å²) in [6.07, 6.45) is 0. The van der Waals surface area contributed by atoms with Crippen LogP contribution in [-0.2, 0) is 17.1 Å². The molecule has 0 unspecified atom stereocenters. The third kappa shape index (κ3) is 29.4. The monoisotopic (exact) mass is 112 g/mol. The van der Waals surface area contributed by atoms with Gasteiger partial charge in [0.2, 0.25) is 0 Å². The first-order chi connectivity index (χ1) is 1.00. The van der Waals surface area contributed by atoms with Gasteiger partial charge in [0.15, 0.2) is 0 Å². The second-order valence-corrected chi connectivity index (χ2v) is 0. The van der Waals surface area contributed by atoms with Crippen molar-refractivity contribution in [1.82, 2.24) is 6.15 Å². The molecular weight excluding hydrogens is 106 g/mol. The van der Waals surface area contributed by atoms with Gasteiger partial charge >= 0.3 is 0 Å². The SMILES string of the molecule is N.NN.[Cu]. The molecule has 0 rings (SSSR count). The number of rotatable bonds is 0. The molecule has 0 bridgehead atoms. The summed E-state index contributed by atoms with van der Waals surface area (Å²) in [7, 11) is 0. The second kappa shape index (κ2) is 123. The van der Waals surface area contributed by atoms with Crippen LogP contribution >= 0.6 is 0 Å². The van der Waals surface area contributed by atoms with Crippen molar-refractivity contribution in [2.45, 2.75) is 0 Å². The van der Waals surface area contributed by atoms with Gasteiger partial charge in [0.1, 0.15) is 0 Å². The van der Waals surface area contributed by atoms with Crippen LogP contribution in [0.15, 0.2) is 0 Å². The molecule has 0 aromatic carbocycles. The van der Waals surface area contributed by atoms with Crippen molar-refractivity contribution < 1.29 is 17.1 Å². The molecule has 0 aliphatic carbocycles. The average molecular weight is 113 g/mol. The van der Waals surface area contributed by atoms with E-state index in [2.05, 4.69) is 11.7 Å². The minimum atomic E-state index is 0.